The van der Waals surface area contributed by atoms with Crippen molar-refractivity contribution < 1.29 is 13.2 Å². The van der Waals surface area contributed by atoms with Crippen molar-refractivity contribution in [1.82, 2.24) is 10.2 Å². The van der Waals surface area contributed by atoms with Crippen molar-refractivity contribution in [3.63, 3.8) is 0 Å². The van der Waals surface area contributed by atoms with E-state index in [1.807, 2.05) is 20.8 Å². The second kappa shape index (κ2) is 9.21. The fraction of sp³-hybridized carbons (Fsp3) is 0.941. The Hall–Kier alpha value is -0.0900. The summed E-state index contributed by atoms with van der Waals surface area (Å²) in [4.78, 5) is 6.98. The summed E-state index contributed by atoms with van der Waals surface area (Å²) in [6, 6.07) is 0. The fourth-order valence-corrected chi connectivity index (χ4v) is 4.84. The fourth-order valence-electron chi connectivity index (χ4n) is 3.48. The molecule has 0 unspecified atom stereocenters. The summed E-state index contributed by atoms with van der Waals surface area (Å²) < 4.78 is 29.0. The van der Waals surface area contributed by atoms with Gasteiger partial charge < -0.3 is 15.0 Å². The molecule has 0 aromatic rings. The van der Waals surface area contributed by atoms with E-state index < -0.39 is 14.6 Å². The third kappa shape index (κ3) is 5.45. The number of ether oxygens (including phenoxy) is 1. The first-order chi connectivity index (χ1) is 11.3. The third-order valence-electron chi connectivity index (χ3n) is 5.49. The summed E-state index contributed by atoms with van der Waals surface area (Å²) in [7, 11) is -1.29. The van der Waals surface area contributed by atoms with Gasteiger partial charge in [0.15, 0.2) is 15.8 Å². The summed E-state index contributed by atoms with van der Waals surface area (Å²) in [5, 5.41) is 3.34. The first kappa shape index (κ1) is 23.0. The highest BCUT2D eigenvalue weighted by molar-refractivity contribution is 14.0. The van der Waals surface area contributed by atoms with Crippen LogP contribution < -0.4 is 5.32 Å². The van der Waals surface area contributed by atoms with Gasteiger partial charge in [0.2, 0.25) is 0 Å². The Morgan fingerprint density at radius 1 is 1.32 bits per heavy atom. The zero-order valence-corrected chi connectivity index (χ0v) is 19.2. The van der Waals surface area contributed by atoms with Crippen LogP contribution >= 0.6 is 24.0 Å². The summed E-state index contributed by atoms with van der Waals surface area (Å²) in [6.07, 6.45) is 4.73. The van der Waals surface area contributed by atoms with E-state index in [0.717, 1.165) is 32.1 Å². The number of nitrogens with zero attached hydrogens (tertiary/aromatic N) is 2. The van der Waals surface area contributed by atoms with Crippen LogP contribution in [0.4, 0.5) is 0 Å². The standard InChI is InChI=1S/C17H33N3O3S.HI/c1-5-18-15(19-13-17(7-6-8-17)9-11-23-4)20-10-12-24(21,22)16(2,3)14-20;/h5-14H2,1-4H3,(H,18,19);1H. The second-order valence-corrected chi connectivity index (χ2v) is 10.5. The van der Waals surface area contributed by atoms with E-state index in [4.69, 9.17) is 9.73 Å². The van der Waals surface area contributed by atoms with Crippen LogP contribution in [0.25, 0.3) is 0 Å². The van der Waals surface area contributed by atoms with Crippen molar-refractivity contribution in [3.8, 4) is 0 Å². The maximum atomic E-state index is 12.2. The summed E-state index contributed by atoms with van der Waals surface area (Å²) in [6.45, 7) is 9.03. The predicted molar refractivity (Wildman–Crippen MR) is 114 cm³/mol. The van der Waals surface area contributed by atoms with Gasteiger partial charge in [-0.3, -0.25) is 4.99 Å². The SMILES string of the molecule is CCNC(=NCC1(CCOC)CCC1)N1CCS(=O)(=O)C(C)(C)C1.I. The Morgan fingerprint density at radius 3 is 2.48 bits per heavy atom. The normalized spacial score (nSPS) is 24.2. The Bertz CT molecular complexity index is 559. The zero-order chi connectivity index (χ0) is 17.8. The molecule has 148 valence electrons. The van der Waals surface area contributed by atoms with Gasteiger partial charge in [0.1, 0.15) is 0 Å². The molecule has 0 bridgehead atoms. The lowest BCUT2D eigenvalue weighted by molar-refractivity contribution is 0.0776. The van der Waals surface area contributed by atoms with Crippen LogP contribution in [-0.2, 0) is 14.6 Å². The second-order valence-electron chi connectivity index (χ2n) is 7.77. The Balaban J connectivity index is 0.00000312. The van der Waals surface area contributed by atoms with Gasteiger partial charge in [0.05, 0.1) is 10.5 Å². The molecule has 8 heteroatoms. The van der Waals surface area contributed by atoms with Crippen molar-refractivity contribution in [2.75, 3.05) is 45.6 Å². The lowest BCUT2D eigenvalue weighted by Crippen LogP contribution is -2.57. The largest absolute Gasteiger partial charge is 0.385 e. The van der Waals surface area contributed by atoms with Gasteiger partial charge in [0.25, 0.3) is 0 Å². The topological polar surface area (TPSA) is 71.0 Å². The van der Waals surface area contributed by atoms with Gasteiger partial charge in [0, 0.05) is 39.9 Å². The minimum absolute atomic E-state index is 0. The average molecular weight is 487 g/mol. The summed E-state index contributed by atoms with van der Waals surface area (Å²) in [5.74, 6) is 1.04. The number of aliphatic imine (C=N–C) groups is 1. The highest BCUT2D eigenvalue weighted by Crippen LogP contribution is 2.44. The maximum absolute atomic E-state index is 12.2. The van der Waals surface area contributed by atoms with Crippen LogP contribution in [0.15, 0.2) is 4.99 Å². The minimum Gasteiger partial charge on any atom is -0.385 e. The van der Waals surface area contributed by atoms with Crippen molar-refractivity contribution in [1.29, 1.82) is 0 Å². The van der Waals surface area contributed by atoms with E-state index in [0.29, 0.717) is 13.1 Å². The minimum atomic E-state index is -3.03. The molecule has 0 aromatic carbocycles. The number of hydrogen-bond donors (Lipinski definition) is 1. The highest BCUT2D eigenvalue weighted by atomic mass is 127. The molecule has 0 aromatic heterocycles. The Morgan fingerprint density at radius 2 is 2.00 bits per heavy atom. The van der Waals surface area contributed by atoms with Crippen LogP contribution in [0.3, 0.4) is 0 Å². The van der Waals surface area contributed by atoms with Crippen LogP contribution in [0, 0.1) is 5.41 Å². The molecule has 1 aliphatic heterocycles. The van der Waals surface area contributed by atoms with Crippen LogP contribution in [-0.4, -0.2) is 69.7 Å². The summed E-state index contributed by atoms with van der Waals surface area (Å²) in [5.41, 5.74) is 0.272. The molecule has 0 spiro atoms. The number of methoxy groups -OCH3 is 1. The lowest BCUT2D eigenvalue weighted by Gasteiger charge is -2.42. The van der Waals surface area contributed by atoms with Gasteiger partial charge >= 0.3 is 0 Å². The summed E-state index contributed by atoms with van der Waals surface area (Å²) >= 11 is 0. The molecule has 1 saturated heterocycles. The predicted octanol–water partition coefficient (Wildman–Crippen LogP) is 2.29. The van der Waals surface area contributed by atoms with E-state index in [2.05, 4.69) is 10.2 Å². The zero-order valence-electron chi connectivity index (χ0n) is 16.0. The van der Waals surface area contributed by atoms with E-state index in [1.54, 1.807) is 7.11 Å². The number of halogens is 1. The van der Waals surface area contributed by atoms with E-state index in [1.165, 1.54) is 19.3 Å². The molecule has 0 amide bonds. The smallest absolute Gasteiger partial charge is 0.194 e. The monoisotopic (exact) mass is 487 g/mol. The van der Waals surface area contributed by atoms with Crippen molar-refractivity contribution in [2.45, 2.75) is 51.2 Å². The number of hydrogen-bond acceptors (Lipinski definition) is 4. The lowest BCUT2D eigenvalue weighted by atomic mass is 9.67. The van der Waals surface area contributed by atoms with Crippen molar-refractivity contribution in [3.05, 3.63) is 0 Å². The van der Waals surface area contributed by atoms with E-state index >= 15 is 0 Å². The molecule has 1 saturated carbocycles. The number of guanidine groups is 1. The van der Waals surface area contributed by atoms with Crippen LogP contribution in [0.2, 0.25) is 0 Å². The molecule has 0 radical (unpaired) electrons. The first-order valence-electron chi connectivity index (χ1n) is 9.00. The molecule has 1 N–H and O–H groups in total. The van der Waals surface area contributed by atoms with Crippen molar-refractivity contribution in [2.24, 2.45) is 10.4 Å². The average Bonchev–Trinajstić information content (AvgIpc) is 2.47. The Labute approximate surface area is 170 Å². The molecule has 0 atom stereocenters. The third-order valence-corrected chi connectivity index (χ3v) is 8.03. The molecule has 2 fully saturated rings. The number of nitrogens with one attached hydrogen (secondary N) is 1. The molecule has 2 rings (SSSR count). The first-order valence-corrected chi connectivity index (χ1v) is 10.6. The van der Waals surface area contributed by atoms with Crippen LogP contribution in [0.1, 0.15) is 46.5 Å². The number of rotatable bonds is 6. The van der Waals surface area contributed by atoms with Gasteiger partial charge in [-0.25, -0.2) is 8.42 Å². The van der Waals surface area contributed by atoms with Crippen molar-refractivity contribution >= 4 is 39.8 Å². The Kier molecular flexibility index (Phi) is 8.46. The molecule has 1 heterocycles. The van der Waals surface area contributed by atoms with Crippen LogP contribution in [0.5, 0.6) is 0 Å². The van der Waals surface area contributed by atoms with E-state index in [9.17, 15) is 8.42 Å². The van der Waals surface area contributed by atoms with Gasteiger partial charge in [-0.2, -0.15) is 0 Å². The van der Waals surface area contributed by atoms with Gasteiger partial charge in [-0.1, -0.05) is 6.42 Å². The molecule has 6 nitrogen and oxygen atoms in total. The molecular weight excluding hydrogens is 453 g/mol. The molecule has 25 heavy (non-hydrogen) atoms. The molecule has 2 aliphatic rings. The maximum Gasteiger partial charge on any atom is 0.194 e. The molecule has 1 aliphatic carbocycles. The van der Waals surface area contributed by atoms with E-state index in [-0.39, 0.29) is 35.1 Å². The van der Waals surface area contributed by atoms with Gasteiger partial charge in [-0.05, 0) is 45.4 Å². The highest BCUT2D eigenvalue weighted by Gasteiger charge is 2.41. The molecular formula is C17H34IN3O3S. The quantitative estimate of drug-likeness (QED) is 0.354. The van der Waals surface area contributed by atoms with Gasteiger partial charge in [-0.15, -0.1) is 24.0 Å². The number of sulfone groups is 1.